The quantitative estimate of drug-likeness (QED) is 0.671. The van der Waals surface area contributed by atoms with Gasteiger partial charge in [-0.1, -0.05) is 31.0 Å². The maximum absolute atomic E-state index is 6.13. The number of hydrogen-bond acceptors (Lipinski definition) is 1. The molecule has 1 aliphatic carbocycles. The SMILES string of the molecule is CCC1CCC(Oc2cccc(Cl)c2CCl)CC1. The summed E-state index contributed by atoms with van der Waals surface area (Å²) in [4.78, 5) is 0. The third-order valence-electron chi connectivity index (χ3n) is 3.87. The molecule has 0 aromatic heterocycles. The van der Waals surface area contributed by atoms with Gasteiger partial charge < -0.3 is 4.74 Å². The normalized spacial score (nSPS) is 23.9. The predicted octanol–water partition coefficient (Wildman–Crippen LogP) is 5.43. The summed E-state index contributed by atoms with van der Waals surface area (Å²) >= 11 is 12.1. The summed E-state index contributed by atoms with van der Waals surface area (Å²) in [6, 6.07) is 5.75. The molecule has 0 atom stereocenters. The fourth-order valence-corrected chi connectivity index (χ4v) is 3.19. The van der Waals surface area contributed by atoms with Crippen LogP contribution in [0.15, 0.2) is 18.2 Å². The Balaban J connectivity index is 2.00. The van der Waals surface area contributed by atoms with Crippen molar-refractivity contribution in [2.45, 2.75) is 51.0 Å². The Morgan fingerprint density at radius 3 is 2.56 bits per heavy atom. The first kappa shape index (κ1) is 14.0. The lowest BCUT2D eigenvalue weighted by atomic mass is 9.86. The van der Waals surface area contributed by atoms with Gasteiger partial charge in [0.05, 0.1) is 12.0 Å². The summed E-state index contributed by atoms with van der Waals surface area (Å²) in [6.45, 7) is 2.27. The average Bonchev–Trinajstić information content (AvgIpc) is 2.40. The van der Waals surface area contributed by atoms with E-state index in [0.717, 1.165) is 30.1 Å². The maximum Gasteiger partial charge on any atom is 0.125 e. The lowest BCUT2D eigenvalue weighted by molar-refractivity contribution is 0.129. The Morgan fingerprint density at radius 2 is 1.94 bits per heavy atom. The van der Waals surface area contributed by atoms with Crippen LogP contribution in [0.4, 0.5) is 0 Å². The second-order valence-electron chi connectivity index (χ2n) is 5.02. The molecule has 0 N–H and O–H groups in total. The highest BCUT2D eigenvalue weighted by molar-refractivity contribution is 6.32. The first-order chi connectivity index (χ1) is 8.74. The molecule has 18 heavy (non-hydrogen) atoms. The van der Waals surface area contributed by atoms with E-state index in [-0.39, 0.29) is 0 Å². The first-order valence-electron chi connectivity index (χ1n) is 6.74. The monoisotopic (exact) mass is 286 g/mol. The highest BCUT2D eigenvalue weighted by Gasteiger charge is 2.22. The van der Waals surface area contributed by atoms with E-state index in [1.807, 2.05) is 18.2 Å². The molecule has 0 heterocycles. The highest BCUT2D eigenvalue weighted by atomic mass is 35.5. The number of alkyl halides is 1. The summed E-state index contributed by atoms with van der Waals surface area (Å²) in [5, 5.41) is 0.699. The molecule has 0 saturated heterocycles. The minimum absolute atomic E-state index is 0.327. The Hall–Kier alpha value is -0.400. The van der Waals surface area contributed by atoms with Crippen molar-refractivity contribution in [2.24, 2.45) is 5.92 Å². The van der Waals surface area contributed by atoms with Crippen LogP contribution < -0.4 is 4.74 Å². The Kier molecular flexibility index (Phi) is 5.20. The molecule has 3 heteroatoms. The van der Waals surface area contributed by atoms with Crippen molar-refractivity contribution in [2.75, 3.05) is 0 Å². The van der Waals surface area contributed by atoms with E-state index in [1.165, 1.54) is 19.3 Å². The minimum atomic E-state index is 0.327. The molecule has 0 aliphatic heterocycles. The van der Waals surface area contributed by atoms with Crippen LogP contribution in [-0.4, -0.2) is 6.10 Å². The zero-order valence-corrected chi connectivity index (χ0v) is 12.3. The third-order valence-corrected chi connectivity index (χ3v) is 4.50. The number of benzene rings is 1. The van der Waals surface area contributed by atoms with Gasteiger partial charge in [-0.2, -0.15) is 0 Å². The van der Waals surface area contributed by atoms with Crippen LogP contribution in [0.5, 0.6) is 5.75 Å². The van der Waals surface area contributed by atoms with E-state index in [1.54, 1.807) is 0 Å². The molecule has 0 bridgehead atoms. The van der Waals surface area contributed by atoms with E-state index >= 15 is 0 Å². The average molecular weight is 287 g/mol. The summed E-state index contributed by atoms with van der Waals surface area (Å²) in [5.41, 5.74) is 0.915. The van der Waals surface area contributed by atoms with Crippen LogP contribution in [0.3, 0.4) is 0 Å². The van der Waals surface area contributed by atoms with Gasteiger partial charge in [-0.15, -0.1) is 11.6 Å². The molecule has 1 aliphatic rings. The largest absolute Gasteiger partial charge is 0.490 e. The van der Waals surface area contributed by atoms with Gasteiger partial charge in [0.15, 0.2) is 0 Å². The summed E-state index contributed by atoms with van der Waals surface area (Å²) in [6.07, 6.45) is 6.46. The van der Waals surface area contributed by atoms with Crippen LogP contribution in [0.2, 0.25) is 5.02 Å². The Morgan fingerprint density at radius 1 is 1.22 bits per heavy atom. The molecule has 1 aromatic rings. The van der Waals surface area contributed by atoms with Gasteiger partial charge in [-0.05, 0) is 43.7 Å². The molecule has 1 aromatic carbocycles. The van der Waals surface area contributed by atoms with Gasteiger partial charge in [0.2, 0.25) is 0 Å². The highest BCUT2D eigenvalue weighted by Crippen LogP contribution is 2.33. The minimum Gasteiger partial charge on any atom is -0.490 e. The predicted molar refractivity (Wildman–Crippen MR) is 77.7 cm³/mol. The van der Waals surface area contributed by atoms with Crippen LogP contribution in [-0.2, 0) is 5.88 Å². The fraction of sp³-hybridized carbons (Fsp3) is 0.600. The molecule has 0 unspecified atom stereocenters. The molecule has 1 saturated carbocycles. The van der Waals surface area contributed by atoms with E-state index in [9.17, 15) is 0 Å². The van der Waals surface area contributed by atoms with Crippen molar-refractivity contribution in [3.63, 3.8) is 0 Å². The van der Waals surface area contributed by atoms with Crippen molar-refractivity contribution in [1.82, 2.24) is 0 Å². The zero-order chi connectivity index (χ0) is 13.0. The fourth-order valence-electron chi connectivity index (χ4n) is 2.62. The van der Waals surface area contributed by atoms with Crippen LogP contribution >= 0.6 is 23.2 Å². The van der Waals surface area contributed by atoms with Gasteiger partial charge in [-0.3, -0.25) is 0 Å². The molecule has 0 spiro atoms. The first-order valence-corrected chi connectivity index (χ1v) is 7.65. The van der Waals surface area contributed by atoms with Crippen LogP contribution in [0.1, 0.15) is 44.6 Å². The Bertz CT molecular complexity index is 384. The molecular formula is C15H20Cl2O. The second kappa shape index (κ2) is 6.68. The number of hydrogen-bond donors (Lipinski definition) is 0. The maximum atomic E-state index is 6.13. The van der Waals surface area contributed by atoms with Crippen molar-refractivity contribution in [3.8, 4) is 5.75 Å². The molecule has 100 valence electrons. The second-order valence-corrected chi connectivity index (χ2v) is 5.69. The van der Waals surface area contributed by atoms with Gasteiger partial charge in [0, 0.05) is 10.6 Å². The van der Waals surface area contributed by atoms with E-state index in [2.05, 4.69) is 6.92 Å². The topological polar surface area (TPSA) is 9.23 Å². The van der Waals surface area contributed by atoms with Crippen molar-refractivity contribution in [1.29, 1.82) is 0 Å². The summed E-state index contributed by atoms with van der Waals surface area (Å²) in [7, 11) is 0. The Labute approximate surface area is 119 Å². The molecular weight excluding hydrogens is 267 g/mol. The smallest absolute Gasteiger partial charge is 0.125 e. The standard InChI is InChI=1S/C15H20Cl2O/c1-2-11-6-8-12(9-7-11)18-15-5-3-4-14(17)13(15)10-16/h3-5,11-12H,2,6-10H2,1H3. The third kappa shape index (κ3) is 3.33. The zero-order valence-electron chi connectivity index (χ0n) is 10.8. The van der Waals surface area contributed by atoms with E-state index in [4.69, 9.17) is 27.9 Å². The molecule has 0 radical (unpaired) electrons. The van der Waals surface area contributed by atoms with Gasteiger partial charge in [-0.25, -0.2) is 0 Å². The van der Waals surface area contributed by atoms with Crippen molar-refractivity contribution in [3.05, 3.63) is 28.8 Å². The van der Waals surface area contributed by atoms with Crippen molar-refractivity contribution >= 4 is 23.2 Å². The van der Waals surface area contributed by atoms with Crippen molar-refractivity contribution < 1.29 is 4.74 Å². The van der Waals surface area contributed by atoms with Gasteiger partial charge in [0.25, 0.3) is 0 Å². The molecule has 0 amide bonds. The number of halogens is 2. The lowest BCUT2D eigenvalue weighted by Gasteiger charge is -2.29. The van der Waals surface area contributed by atoms with Gasteiger partial charge in [0.1, 0.15) is 5.75 Å². The summed E-state index contributed by atoms with van der Waals surface area (Å²) in [5.74, 6) is 2.15. The van der Waals surface area contributed by atoms with Crippen LogP contribution in [0, 0.1) is 5.92 Å². The summed E-state index contributed by atoms with van der Waals surface area (Å²) < 4.78 is 6.08. The lowest BCUT2D eigenvalue weighted by Crippen LogP contribution is -2.24. The number of ether oxygens (including phenoxy) is 1. The molecule has 1 nitrogen and oxygen atoms in total. The van der Waals surface area contributed by atoms with E-state index < -0.39 is 0 Å². The molecule has 1 fully saturated rings. The van der Waals surface area contributed by atoms with E-state index in [0.29, 0.717) is 17.0 Å². The van der Waals surface area contributed by atoms with Crippen LogP contribution in [0.25, 0.3) is 0 Å². The number of rotatable bonds is 4. The van der Waals surface area contributed by atoms with Gasteiger partial charge >= 0.3 is 0 Å². The molecule has 2 rings (SSSR count).